The van der Waals surface area contributed by atoms with Gasteiger partial charge in [0.15, 0.2) is 0 Å². The quantitative estimate of drug-likeness (QED) is 0.921. The molecule has 0 aromatic carbocycles. The van der Waals surface area contributed by atoms with E-state index in [9.17, 15) is 0 Å². The molecule has 19 heavy (non-hydrogen) atoms. The first-order valence-electron chi connectivity index (χ1n) is 6.99. The number of thioether (sulfide) groups is 1. The fraction of sp³-hybridized carbons (Fsp3) is 0.667. The Kier molecular flexibility index (Phi) is 4.74. The Morgan fingerprint density at radius 2 is 1.95 bits per heavy atom. The van der Waals surface area contributed by atoms with E-state index in [1.54, 1.807) is 0 Å². The summed E-state index contributed by atoms with van der Waals surface area (Å²) in [5, 5.41) is 3.55. The number of aromatic nitrogens is 1. The molecule has 1 N–H and O–H groups in total. The first-order valence-corrected chi connectivity index (χ1v) is 8.15. The van der Waals surface area contributed by atoms with Crippen LogP contribution in [0.1, 0.15) is 32.0 Å². The lowest BCUT2D eigenvalue weighted by Crippen LogP contribution is -2.35. The van der Waals surface area contributed by atoms with Crippen LogP contribution < -0.4 is 10.2 Å². The highest BCUT2D eigenvalue weighted by atomic mass is 32.2. The second-order valence-electron chi connectivity index (χ2n) is 6.18. The zero-order valence-corrected chi connectivity index (χ0v) is 13.3. The lowest BCUT2D eigenvalue weighted by molar-refractivity contribution is 0.424. The molecule has 4 heteroatoms. The minimum Gasteiger partial charge on any atom is -0.355 e. The van der Waals surface area contributed by atoms with Crippen molar-refractivity contribution in [3.8, 4) is 0 Å². The summed E-state index contributed by atoms with van der Waals surface area (Å²) in [7, 11) is 0. The summed E-state index contributed by atoms with van der Waals surface area (Å²) < 4.78 is 0. The van der Waals surface area contributed by atoms with E-state index in [2.05, 4.69) is 50.0 Å². The molecule has 2 heterocycles. The first-order chi connectivity index (χ1) is 8.94. The van der Waals surface area contributed by atoms with Gasteiger partial charge in [0.05, 0.1) is 0 Å². The van der Waals surface area contributed by atoms with Gasteiger partial charge < -0.3 is 10.2 Å². The van der Waals surface area contributed by atoms with E-state index in [-0.39, 0.29) is 5.54 Å². The highest BCUT2D eigenvalue weighted by Crippen LogP contribution is 2.19. The van der Waals surface area contributed by atoms with Gasteiger partial charge in [0, 0.05) is 42.4 Å². The fourth-order valence-corrected chi connectivity index (χ4v) is 3.05. The average Bonchev–Trinajstić information content (AvgIpc) is 2.36. The molecule has 0 radical (unpaired) electrons. The molecule has 0 atom stereocenters. The second-order valence-corrected chi connectivity index (χ2v) is 7.40. The normalized spacial score (nSPS) is 16.7. The molecule has 3 nitrogen and oxygen atoms in total. The third kappa shape index (κ3) is 4.69. The number of pyridine rings is 1. The van der Waals surface area contributed by atoms with Crippen molar-refractivity contribution >= 4 is 17.6 Å². The summed E-state index contributed by atoms with van der Waals surface area (Å²) in [6, 6.07) is 4.42. The molecule has 1 aromatic rings. The Labute approximate surface area is 121 Å². The van der Waals surface area contributed by atoms with Gasteiger partial charge in [-0.25, -0.2) is 4.98 Å². The van der Waals surface area contributed by atoms with Gasteiger partial charge in [0.2, 0.25) is 0 Å². The summed E-state index contributed by atoms with van der Waals surface area (Å²) in [4.78, 5) is 7.10. The molecule has 0 amide bonds. The zero-order chi connectivity index (χ0) is 13.9. The molecule has 1 aromatic heterocycles. The highest BCUT2D eigenvalue weighted by molar-refractivity contribution is 7.99. The predicted molar refractivity (Wildman–Crippen MR) is 85.1 cm³/mol. The van der Waals surface area contributed by atoms with Crippen LogP contribution in [0, 0.1) is 6.92 Å². The van der Waals surface area contributed by atoms with Gasteiger partial charge in [0.1, 0.15) is 5.82 Å². The van der Waals surface area contributed by atoms with Crippen LogP contribution in [0.4, 0.5) is 5.82 Å². The Balaban J connectivity index is 2.10. The van der Waals surface area contributed by atoms with Crippen molar-refractivity contribution in [1.29, 1.82) is 0 Å². The van der Waals surface area contributed by atoms with E-state index in [0.29, 0.717) is 0 Å². The van der Waals surface area contributed by atoms with E-state index in [1.807, 2.05) is 11.8 Å². The molecule has 1 aliphatic heterocycles. The SMILES string of the molecule is Cc1cc(CNC(C)(C)C)cc(N2CCSCC2)n1. The number of anilines is 1. The van der Waals surface area contributed by atoms with Crippen molar-refractivity contribution in [3.63, 3.8) is 0 Å². The van der Waals surface area contributed by atoms with Crippen molar-refractivity contribution in [2.75, 3.05) is 29.5 Å². The van der Waals surface area contributed by atoms with Crippen molar-refractivity contribution in [2.24, 2.45) is 0 Å². The number of nitrogens with one attached hydrogen (secondary N) is 1. The third-order valence-electron chi connectivity index (χ3n) is 3.16. The molecule has 0 bridgehead atoms. The summed E-state index contributed by atoms with van der Waals surface area (Å²) in [6.07, 6.45) is 0. The zero-order valence-electron chi connectivity index (χ0n) is 12.5. The highest BCUT2D eigenvalue weighted by Gasteiger charge is 2.14. The van der Waals surface area contributed by atoms with Gasteiger partial charge in [-0.2, -0.15) is 11.8 Å². The van der Waals surface area contributed by atoms with Gasteiger partial charge >= 0.3 is 0 Å². The summed E-state index contributed by atoms with van der Waals surface area (Å²) in [5.74, 6) is 3.57. The molecule has 1 aliphatic rings. The topological polar surface area (TPSA) is 28.2 Å². The van der Waals surface area contributed by atoms with Crippen LogP contribution in [0.15, 0.2) is 12.1 Å². The standard InChI is InChI=1S/C15H25N3S/c1-12-9-13(11-16-15(2,3)4)10-14(17-12)18-5-7-19-8-6-18/h9-10,16H,5-8,11H2,1-4H3. The number of hydrogen-bond acceptors (Lipinski definition) is 4. The van der Waals surface area contributed by atoms with E-state index in [4.69, 9.17) is 4.98 Å². The molecule has 2 rings (SSSR count). The van der Waals surface area contributed by atoms with Crippen molar-refractivity contribution in [3.05, 3.63) is 23.4 Å². The van der Waals surface area contributed by atoms with Gasteiger partial charge in [-0.3, -0.25) is 0 Å². The Bertz CT molecular complexity index is 420. The minimum absolute atomic E-state index is 0.152. The van der Waals surface area contributed by atoms with Crippen molar-refractivity contribution in [2.45, 2.75) is 39.8 Å². The monoisotopic (exact) mass is 279 g/mol. The minimum atomic E-state index is 0.152. The smallest absolute Gasteiger partial charge is 0.129 e. The predicted octanol–water partition coefficient (Wildman–Crippen LogP) is 2.83. The fourth-order valence-electron chi connectivity index (χ4n) is 2.14. The second kappa shape index (κ2) is 6.14. The van der Waals surface area contributed by atoms with Crippen LogP contribution in [0.5, 0.6) is 0 Å². The molecule has 1 fully saturated rings. The van der Waals surface area contributed by atoms with Crippen LogP contribution in [0.3, 0.4) is 0 Å². The van der Waals surface area contributed by atoms with E-state index >= 15 is 0 Å². The first kappa shape index (κ1) is 14.7. The van der Waals surface area contributed by atoms with Gasteiger partial charge in [-0.05, 0) is 45.4 Å². The Morgan fingerprint density at radius 3 is 2.58 bits per heavy atom. The number of rotatable bonds is 3. The number of nitrogens with zero attached hydrogens (tertiary/aromatic N) is 2. The van der Waals surface area contributed by atoms with Gasteiger partial charge in [-0.15, -0.1) is 0 Å². The molecule has 1 saturated heterocycles. The summed E-state index contributed by atoms with van der Waals surface area (Å²) in [6.45, 7) is 11.8. The molecule has 0 aliphatic carbocycles. The number of hydrogen-bond donors (Lipinski definition) is 1. The van der Waals surface area contributed by atoms with Gasteiger partial charge in [-0.1, -0.05) is 0 Å². The molecule has 106 valence electrons. The lowest BCUT2D eigenvalue weighted by Gasteiger charge is -2.28. The maximum absolute atomic E-state index is 4.69. The molecule has 0 saturated carbocycles. The van der Waals surface area contributed by atoms with Gasteiger partial charge in [0.25, 0.3) is 0 Å². The molecular formula is C15H25N3S. The van der Waals surface area contributed by atoms with E-state index in [0.717, 1.165) is 31.1 Å². The lowest BCUT2D eigenvalue weighted by atomic mass is 10.1. The average molecular weight is 279 g/mol. The van der Waals surface area contributed by atoms with Crippen molar-refractivity contribution in [1.82, 2.24) is 10.3 Å². The van der Waals surface area contributed by atoms with Crippen LogP contribution in [-0.4, -0.2) is 35.1 Å². The Hall–Kier alpha value is -0.740. The molecule has 0 unspecified atom stereocenters. The largest absolute Gasteiger partial charge is 0.355 e. The van der Waals surface area contributed by atoms with E-state index < -0.39 is 0 Å². The maximum atomic E-state index is 4.69. The van der Waals surface area contributed by atoms with Crippen LogP contribution >= 0.6 is 11.8 Å². The summed E-state index contributed by atoms with van der Waals surface area (Å²) >= 11 is 2.03. The molecular weight excluding hydrogens is 254 g/mol. The van der Waals surface area contributed by atoms with Crippen LogP contribution in [0.2, 0.25) is 0 Å². The molecule has 0 spiro atoms. The van der Waals surface area contributed by atoms with Crippen LogP contribution in [-0.2, 0) is 6.54 Å². The van der Waals surface area contributed by atoms with E-state index in [1.165, 1.54) is 17.1 Å². The summed E-state index contributed by atoms with van der Waals surface area (Å²) in [5.41, 5.74) is 2.59. The Morgan fingerprint density at radius 1 is 1.26 bits per heavy atom. The van der Waals surface area contributed by atoms with Crippen LogP contribution in [0.25, 0.3) is 0 Å². The third-order valence-corrected chi connectivity index (χ3v) is 4.10. The van der Waals surface area contributed by atoms with Crippen molar-refractivity contribution < 1.29 is 0 Å². The number of aryl methyl sites for hydroxylation is 1. The maximum Gasteiger partial charge on any atom is 0.129 e.